The second kappa shape index (κ2) is 4.49. The fraction of sp³-hybridized carbons (Fsp3) is 0.545. The van der Waals surface area contributed by atoms with Crippen LogP contribution in [0.4, 0.5) is 0 Å². The molecule has 1 fully saturated rings. The largest absolute Gasteiger partial charge is 0.327 e. The Kier molecular flexibility index (Phi) is 3.06. The van der Waals surface area contributed by atoms with Crippen molar-refractivity contribution in [3.63, 3.8) is 0 Å². The van der Waals surface area contributed by atoms with Gasteiger partial charge in [-0.25, -0.2) is 4.98 Å². The van der Waals surface area contributed by atoms with Crippen molar-refractivity contribution < 1.29 is 4.79 Å². The molecule has 1 heterocycles. The number of ketones is 1. The van der Waals surface area contributed by atoms with Crippen LogP contribution in [0.3, 0.4) is 0 Å². The first-order chi connectivity index (χ1) is 7.29. The molecule has 2 atom stereocenters. The maximum Gasteiger partial charge on any atom is 0.187 e. The Hall–Kier alpha value is -1.29. The van der Waals surface area contributed by atoms with Gasteiger partial charge in [-0.2, -0.15) is 0 Å². The highest BCUT2D eigenvalue weighted by atomic mass is 16.1. The van der Waals surface area contributed by atoms with Gasteiger partial charge in [-0.1, -0.05) is 12.8 Å². The number of Topliss-reactive ketones (excluding diaryl/α,β-unsaturated/α-hetero) is 1. The lowest BCUT2D eigenvalue weighted by atomic mass is 9.81. The molecule has 0 aliphatic heterocycles. The number of hydrogen-bond donors (Lipinski definition) is 1. The minimum Gasteiger partial charge on any atom is -0.327 e. The molecular weight excluding hydrogens is 190 g/mol. The third kappa shape index (κ3) is 2.21. The first kappa shape index (κ1) is 10.2. The summed E-state index contributed by atoms with van der Waals surface area (Å²) >= 11 is 0. The van der Waals surface area contributed by atoms with Gasteiger partial charge in [0.15, 0.2) is 5.78 Å². The van der Waals surface area contributed by atoms with E-state index in [0.29, 0.717) is 5.69 Å². The molecule has 1 aromatic rings. The highest BCUT2D eigenvalue weighted by Crippen LogP contribution is 2.25. The van der Waals surface area contributed by atoms with E-state index in [1.54, 1.807) is 12.4 Å². The van der Waals surface area contributed by atoms with Crippen LogP contribution in [0.15, 0.2) is 18.6 Å². The summed E-state index contributed by atoms with van der Waals surface area (Å²) in [6.07, 6.45) is 8.67. The van der Waals surface area contributed by atoms with E-state index in [0.717, 1.165) is 25.7 Å². The van der Waals surface area contributed by atoms with Crippen LogP contribution < -0.4 is 5.73 Å². The predicted octanol–water partition coefficient (Wildman–Crippen LogP) is 1.18. The molecule has 0 spiro atoms. The minimum absolute atomic E-state index is 0.00624. The molecule has 0 aromatic carbocycles. The summed E-state index contributed by atoms with van der Waals surface area (Å²) in [5.41, 5.74) is 6.39. The Morgan fingerprint density at radius 3 is 2.80 bits per heavy atom. The third-order valence-electron chi connectivity index (χ3n) is 2.97. The van der Waals surface area contributed by atoms with Gasteiger partial charge < -0.3 is 5.73 Å². The van der Waals surface area contributed by atoms with Gasteiger partial charge in [0, 0.05) is 24.4 Å². The van der Waals surface area contributed by atoms with Crippen molar-refractivity contribution in [3.8, 4) is 0 Å². The molecule has 0 amide bonds. The number of nitrogens with zero attached hydrogens (tertiary/aromatic N) is 2. The molecule has 15 heavy (non-hydrogen) atoms. The van der Waals surface area contributed by atoms with Crippen molar-refractivity contribution in [2.75, 3.05) is 0 Å². The molecule has 0 saturated heterocycles. The van der Waals surface area contributed by atoms with Crippen LogP contribution in [0, 0.1) is 5.92 Å². The van der Waals surface area contributed by atoms with E-state index >= 15 is 0 Å². The third-order valence-corrected chi connectivity index (χ3v) is 2.97. The number of rotatable bonds is 2. The summed E-state index contributed by atoms with van der Waals surface area (Å²) in [4.78, 5) is 19.9. The zero-order valence-corrected chi connectivity index (χ0v) is 8.60. The zero-order valence-electron chi connectivity index (χ0n) is 8.60. The monoisotopic (exact) mass is 205 g/mol. The molecule has 0 radical (unpaired) electrons. The molecule has 4 heteroatoms. The van der Waals surface area contributed by atoms with Crippen LogP contribution in [-0.4, -0.2) is 21.8 Å². The van der Waals surface area contributed by atoms with E-state index in [-0.39, 0.29) is 17.7 Å². The van der Waals surface area contributed by atoms with E-state index in [2.05, 4.69) is 9.97 Å². The number of carbonyl (C=O) groups excluding carboxylic acids is 1. The molecular formula is C11H15N3O. The molecule has 4 nitrogen and oxygen atoms in total. The maximum atomic E-state index is 12.0. The molecule has 1 aliphatic rings. The van der Waals surface area contributed by atoms with E-state index in [9.17, 15) is 4.79 Å². The van der Waals surface area contributed by atoms with Crippen LogP contribution in [-0.2, 0) is 0 Å². The maximum absolute atomic E-state index is 12.0. The first-order valence-corrected chi connectivity index (χ1v) is 5.35. The summed E-state index contributed by atoms with van der Waals surface area (Å²) in [5.74, 6) is -0.00856. The minimum atomic E-state index is -0.0598. The Morgan fingerprint density at radius 2 is 2.13 bits per heavy atom. The Labute approximate surface area is 88.9 Å². The molecule has 2 N–H and O–H groups in total. The molecule has 0 bridgehead atoms. The van der Waals surface area contributed by atoms with Gasteiger partial charge in [0.05, 0.1) is 6.20 Å². The van der Waals surface area contributed by atoms with Crippen molar-refractivity contribution in [1.82, 2.24) is 9.97 Å². The molecule has 1 saturated carbocycles. The van der Waals surface area contributed by atoms with Gasteiger partial charge >= 0.3 is 0 Å². The van der Waals surface area contributed by atoms with Crippen LogP contribution in [0.2, 0.25) is 0 Å². The standard InChI is InChI=1S/C11H15N3O/c12-9-4-2-1-3-8(9)11(15)10-7-13-5-6-14-10/h5-9H,1-4,12H2. The van der Waals surface area contributed by atoms with Gasteiger partial charge in [0.25, 0.3) is 0 Å². The van der Waals surface area contributed by atoms with E-state index < -0.39 is 0 Å². The summed E-state index contributed by atoms with van der Waals surface area (Å²) in [6.45, 7) is 0. The fourth-order valence-electron chi connectivity index (χ4n) is 2.10. The van der Waals surface area contributed by atoms with Gasteiger partial charge in [-0.3, -0.25) is 9.78 Å². The van der Waals surface area contributed by atoms with Crippen molar-refractivity contribution in [1.29, 1.82) is 0 Å². The smallest absolute Gasteiger partial charge is 0.187 e. The predicted molar refractivity (Wildman–Crippen MR) is 56.3 cm³/mol. The van der Waals surface area contributed by atoms with Gasteiger partial charge in [0.1, 0.15) is 5.69 Å². The average molecular weight is 205 g/mol. The van der Waals surface area contributed by atoms with Crippen molar-refractivity contribution >= 4 is 5.78 Å². The van der Waals surface area contributed by atoms with Gasteiger partial charge in [-0.05, 0) is 12.8 Å². The lowest BCUT2D eigenvalue weighted by molar-refractivity contribution is 0.0865. The Bertz CT molecular complexity index is 339. The molecule has 1 aliphatic carbocycles. The van der Waals surface area contributed by atoms with Crippen LogP contribution >= 0.6 is 0 Å². The van der Waals surface area contributed by atoms with Crippen molar-refractivity contribution in [2.24, 2.45) is 11.7 Å². The summed E-state index contributed by atoms with van der Waals surface area (Å²) in [7, 11) is 0. The quantitative estimate of drug-likeness (QED) is 0.736. The highest BCUT2D eigenvalue weighted by Gasteiger charge is 2.29. The number of aromatic nitrogens is 2. The van der Waals surface area contributed by atoms with Crippen LogP contribution in [0.5, 0.6) is 0 Å². The Balaban J connectivity index is 2.13. The lowest BCUT2D eigenvalue weighted by Crippen LogP contribution is -2.38. The SMILES string of the molecule is NC1CCCCC1C(=O)c1cnccn1. The first-order valence-electron chi connectivity index (χ1n) is 5.35. The fourth-order valence-corrected chi connectivity index (χ4v) is 2.10. The summed E-state index contributed by atoms with van der Waals surface area (Å²) < 4.78 is 0. The van der Waals surface area contributed by atoms with Crippen LogP contribution in [0.1, 0.15) is 36.2 Å². The zero-order chi connectivity index (χ0) is 10.7. The lowest BCUT2D eigenvalue weighted by Gasteiger charge is -2.26. The second-order valence-electron chi connectivity index (χ2n) is 4.01. The molecule has 80 valence electrons. The normalized spacial score (nSPS) is 26.2. The highest BCUT2D eigenvalue weighted by molar-refractivity contribution is 5.96. The number of hydrogen-bond acceptors (Lipinski definition) is 4. The number of carbonyl (C=O) groups is 1. The van der Waals surface area contributed by atoms with Crippen molar-refractivity contribution in [3.05, 3.63) is 24.3 Å². The summed E-state index contributed by atoms with van der Waals surface area (Å²) in [6, 6.07) is -0.00624. The van der Waals surface area contributed by atoms with Crippen molar-refractivity contribution in [2.45, 2.75) is 31.7 Å². The number of nitrogens with two attached hydrogens (primary N) is 1. The van der Waals surface area contributed by atoms with Gasteiger partial charge in [0.2, 0.25) is 0 Å². The van der Waals surface area contributed by atoms with E-state index in [1.165, 1.54) is 6.20 Å². The Morgan fingerprint density at radius 1 is 1.33 bits per heavy atom. The molecule has 1 aromatic heterocycles. The topological polar surface area (TPSA) is 68.9 Å². The van der Waals surface area contributed by atoms with E-state index in [1.807, 2.05) is 0 Å². The van der Waals surface area contributed by atoms with Gasteiger partial charge in [-0.15, -0.1) is 0 Å². The van der Waals surface area contributed by atoms with E-state index in [4.69, 9.17) is 5.73 Å². The second-order valence-corrected chi connectivity index (χ2v) is 4.01. The molecule has 2 rings (SSSR count). The van der Waals surface area contributed by atoms with Crippen LogP contribution in [0.25, 0.3) is 0 Å². The average Bonchev–Trinajstić information content (AvgIpc) is 2.30. The molecule has 2 unspecified atom stereocenters. The summed E-state index contributed by atoms with van der Waals surface area (Å²) in [5, 5.41) is 0.